The number of rotatable bonds is 2. The number of aryl methyl sites for hydroxylation is 2. The maximum Gasteiger partial charge on any atom is 0.254 e. The van der Waals surface area contributed by atoms with Crippen LogP contribution in [-0.4, -0.2) is 37.8 Å². The molecular formula is C22H22N4O2S. The van der Waals surface area contributed by atoms with Crippen molar-refractivity contribution >= 4 is 17.2 Å². The molecule has 1 fully saturated rings. The Bertz CT molecular complexity index is 1150. The lowest BCUT2D eigenvalue weighted by Crippen LogP contribution is -2.41. The van der Waals surface area contributed by atoms with Crippen molar-refractivity contribution in [1.29, 1.82) is 0 Å². The number of fused-ring (bicyclic) bond motifs is 3. The molecule has 148 valence electrons. The van der Waals surface area contributed by atoms with Gasteiger partial charge in [0.25, 0.3) is 11.5 Å². The third-order valence-electron chi connectivity index (χ3n) is 5.99. The molecule has 0 aliphatic carbocycles. The molecule has 1 N–H and O–H groups in total. The first-order valence-corrected chi connectivity index (χ1v) is 10.8. The number of nitrogens with zero attached hydrogens (tertiary/aromatic N) is 3. The lowest BCUT2D eigenvalue weighted by molar-refractivity contribution is 0.0673. The van der Waals surface area contributed by atoms with E-state index in [1.807, 2.05) is 41.5 Å². The number of amides is 1. The molecule has 4 heterocycles. The number of aromatic amines is 1. The zero-order chi connectivity index (χ0) is 20.1. The number of benzene rings is 1. The molecule has 6 nitrogen and oxygen atoms in total. The molecule has 1 saturated heterocycles. The summed E-state index contributed by atoms with van der Waals surface area (Å²) in [5, 5.41) is 3.06. The van der Waals surface area contributed by atoms with E-state index in [0.717, 1.165) is 40.4 Å². The number of thiazole rings is 1. The maximum absolute atomic E-state index is 13.4. The van der Waals surface area contributed by atoms with E-state index in [1.54, 1.807) is 18.3 Å². The molecule has 1 aromatic carbocycles. The Morgan fingerprint density at radius 1 is 1.10 bits per heavy atom. The van der Waals surface area contributed by atoms with Crippen LogP contribution in [0.25, 0.3) is 11.3 Å². The zero-order valence-corrected chi connectivity index (χ0v) is 17.3. The molecular weight excluding hydrogens is 384 g/mol. The minimum Gasteiger partial charge on any atom is -0.332 e. The van der Waals surface area contributed by atoms with E-state index in [4.69, 9.17) is 0 Å². The average Bonchev–Trinajstić information content (AvgIpc) is 3.25. The van der Waals surface area contributed by atoms with E-state index in [9.17, 15) is 9.59 Å². The van der Waals surface area contributed by atoms with Crippen LogP contribution in [0.1, 0.15) is 45.3 Å². The summed E-state index contributed by atoms with van der Waals surface area (Å²) in [6.45, 7) is 3.79. The molecule has 2 aliphatic rings. The predicted octanol–water partition coefficient (Wildman–Crippen LogP) is 3.28. The SMILES string of the molecule is Cc1nc2c(c(=O)[nH]1)C[C@@H]1CC[C@H](C2)N1C(=O)c1ccc(-c2csc(C)n2)cc1. The highest BCUT2D eigenvalue weighted by Crippen LogP contribution is 2.34. The summed E-state index contributed by atoms with van der Waals surface area (Å²) in [7, 11) is 0. The van der Waals surface area contributed by atoms with Crippen LogP contribution in [-0.2, 0) is 12.8 Å². The van der Waals surface area contributed by atoms with E-state index in [1.165, 1.54) is 0 Å². The number of hydrogen-bond acceptors (Lipinski definition) is 5. The Labute approximate surface area is 172 Å². The van der Waals surface area contributed by atoms with Crippen LogP contribution in [0, 0.1) is 13.8 Å². The second-order valence-electron chi connectivity index (χ2n) is 7.91. The van der Waals surface area contributed by atoms with Crippen molar-refractivity contribution in [2.45, 2.75) is 51.6 Å². The van der Waals surface area contributed by atoms with Crippen molar-refractivity contribution in [2.24, 2.45) is 0 Å². The van der Waals surface area contributed by atoms with Crippen molar-refractivity contribution in [3.05, 3.63) is 67.7 Å². The van der Waals surface area contributed by atoms with Crippen LogP contribution in [0.3, 0.4) is 0 Å². The summed E-state index contributed by atoms with van der Waals surface area (Å²) in [5.41, 5.74) is 4.18. The van der Waals surface area contributed by atoms with Gasteiger partial charge in [-0.3, -0.25) is 9.59 Å². The third-order valence-corrected chi connectivity index (χ3v) is 6.76. The van der Waals surface area contributed by atoms with Crippen molar-refractivity contribution in [3.8, 4) is 11.3 Å². The minimum atomic E-state index is -0.0599. The fraction of sp³-hybridized carbons (Fsp3) is 0.364. The maximum atomic E-state index is 13.4. The van der Waals surface area contributed by atoms with Gasteiger partial charge in [0.1, 0.15) is 5.82 Å². The molecule has 2 aromatic heterocycles. The third kappa shape index (κ3) is 3.19. The van der Waals surface area contributed by atoms with Crippen LogP contribution in [0.15, 0.2) is 34.4 Å². The summed E-state index contributed by atoms with van der Waals surface area (Å²) in [6.07, 6.45) is 3.12. The minimum absolute atomic E-state index is 0.0412. The van der Waals surface area contributed by atoms with Gasteiger partial charge in [-0.1, -0.05) is 12.1 Å². The fourth-order valence-electron chi connectivity index (χ4n) is 4.63. The van der Waals surface area contributed by atoms with Gasteiger partial charge in [0, 0.05) is 47.0 Å². The van der Waals surface area contributed by atoms with Gasteiger partial charge in [-0.25, -0.2) is 9.97 Å². The fourth-order valence-corrected chi connectivity index (χ4v) is 5.25. The molecule has 2 bridgehead atoms. The Hall–Kier alpha value is -2.80. The van der Waals surface area contributed by atoms with Crippen LogP contribution in [0.2, 0.25) is 0 Å². The Morgan fingerprint density at radius 3 is 2.52 bits per heavy atom. The van der Waals surface area contributed by atoms with E-state index >= 15 is 0 Å². The Morgan fingerprint density at radius 2 is 1.83 bits per heavy atom. The first-order valence-electron chi connectivity index (χ1n) is 9.93. The number of carbonyl (C=O) groups is 1. The lowest BCUT2D eigenvalue weighted by atomic mass is 9.98. The van der Waals surface area contributed by atoms with Gasteiger partial charge >= 0.3 is 0 Å². The molecule has 2 atom stereocenters. The smallest absolute Gasteiger partial charge is 0.254 e. The van der Waals surface area contributed by atoms with Crippen LogP contribution < -0.4 is 5.56 Å². The largest absolute Gasteiger partial charge is 0.332 e. The molecule has 0 radical (unpaired) electrons. The lowest BCUT2D eigenvalue weighted by Gasteiger charge is -2.28. The Kier molecular flexibility index (Phi) is 4.35. The number of hydrogen-bond donors (Lipinski definition) is 1. The van der Waals surface area contributed by atoms with E-state index in [0.29, 0.717) is 24.2 Å². The van der Waals surface area contributed by atoms with Gasteiger partial charge in [0.05, 0.1) is 16.4 Å². The summed E-state index contributed by atoms with van der Waals surface area (Å²) in [5.74, 6) is 0.678. The monoisotopic (exact) mass is 406 g/mol. The van der Waals surface area contributed by atoms with Crippen molar-refractivity contribution in [2.75, 3.05) is 0 Å². The molecule has 7 heteroatoms. The number of aromatic nitrogens is 3. The molecule has 3 aromatic rings. The summed E-state index contributed by atoms with van der Waals surface area (Å²) >= 11 is 1.62. The second-order valence-corrected chi connectivity index (χ2v) is 8.97. The summed E-state index contributed by atoms with van der Waals surface area (Å²) in [6, 6.07) is 7.86. The van der Waals surface area contributed by atoms with Gasteiger partial charge in [-0.2, -0.15) is 0 Å². The molecule has 0 saturated carbocycles. The standard InChI is InChI=1S/C22H22N4O2S/c1-12-23-19-10-17-8-7-16(9-18(19)21(27)24-12)26(17)22(28)15-5-3-14(4-6-15)20-11-29-13(2)25-20/h3-6,11,16-17H,7-10H2,1-2H3,(H,23,24,27)/t16-,17+/m0/s1. The van der Waals surface area contributed by atoms with Gasteiger partial charge in [0.15, 0.2) is 0 Å². The first kappa shape index (κ1) is 18.2. The summed E-state index contributed by atoms with van der Waals surface area (Å²) < 4.78 is 0. The number of H-pyrrole nitrogens is 1. The van der Waals surface area contributed by atoms with Gasteiger partial charge < -0.3 is 9.88 Å². The van der Waals surface area contributed by atoms with E-state index in [2.05, 4.69) is 15.0 Å². The average molecular weight is 407 g/mol. The molecule has 29 heavy (non-hydrogen) atoms. The van der Waals surface area contributed by atoms with Crippen molar-refractivity contribution in [3.63, 3.8) is 0 Å². The van der Waals surface area contributed by atoms with Gasteiger partial charge in [-0.05, 0) is 38.8 Å². The van der Waals surface area contributed by atoms with Gasteiger partial charge in [0.2, 0.25) is 0 Å². The highest BCUT2D eigenvalue weighted by molar-refractivity contribution is 7.09. The topological polar surface area (TPSA) is 79.0 Å². The van der Waals surface area contributed by atoms with Gasteiger partial charge in [-0.15, -0.1) is 11.3 Å². The second kappa shape index (κ2) is 6.91. The molecule has 2 aliphatic heterocycles. The first-order chi connectivity index (χ1) is 14.0. The van der Waals surface area contributed by atoms with Crippen LogP contribution >= 0.6 is 11.3 Å². The number of carbonyl (C=O) groups excluding carboxylic acids is 1. The predicted molar refractivity (Wildman–Crippen MR) is 112 cm³/mol. The zero-order valence-electron chi connectivity index (χ0n) is 16.4. The quantitative estimate of drug-likeness (QED) is 0.708. The number of nitrogens with one attached hydrogen (secondary N) is 1. The van der Waals surface area contributed by atoms with Crippen LogP contribution in [0.5, 0.6) is 0 Å². The highest BCUT2D eigenvalue weighted by Gasteiger charge is 2.41. The molecule has 0 unspecified atom stereocenters. The van der Waals surface area contributed by atoms with E-state index in [-0.39, 0.29) is 23.6 Å². The Balaban J connectivity index is 1.43. The molecule has 0 spiro atoms. The molecule has 5 rings (SSSR count). The van der Waals surface area contributed by atoms with Crippen molar-refractivity contribution < 1.29 is 4.79 Å². The normalized spacial score (nSPS) is 20.4. The van der Waals surface area contributed by atoms with Crippen LogP contribution in [0.4, 0.5) is 0 Å². The highest BCUT2D eigenvalue weighted by atomic mass is 32.1. The van der Waals surface area contributed by atoms with E-state index < -0.39 is 0 Å². The molecule has 1 amide bonds. The van der Waals surface area contributed by atoms with Crippen molar-refractivity contribution in [1.82, 2.24) is 19.9 Å². The summed E-state index contributed by atoms with van der Waals surface area (Å²) in [4.78, 5) is 39.7.